The molecular weight excluding hydrogens is 269 g/mol. The zero-order valence-corrected chi connectivity index (χ0v) is 11.7. The predicted molar refractivity (Wildman–Crippen MR) is 70.2 cm³/mol. The Labute approximate surface area is 117 Å². The summed E-state index contributed by atoms with van der Waals surface area (Å²) in [6, 6.07) is 0.580. The molecule has 0 unspecified atom stereocenters. The van der Waals surface area contributed by atoms with Crippen LogP contribution in [-0.4, -0.2) is 42.7 Å². The van der Waals surface area contributed by atoms with Crippen LogP contribution in [0.5, 0.6) is 0 Å². The molecule has 1 aliphatic heterocycles. The van der Waals surface area contributed by atoms with Gasteiger partial charge in [0, 0.05) is 19.1 Å². The van der Waals surface area contributed by atoms with E-state index in [9.17, 15) is 18.0 Å². The molecule has 1 heterocycles. The highest BCUT2D eigenvalue weighted by molar-refractivity contribution is 5.79. The first kappa shape index (κ1) is 15.6. The largest absolute Gasteiger partial charge is 0.390 e. The van der Waals surface area contributed by atoms with Crippen molar-refractivity contribution in [1.82, 2.24) is 10.2 Å². The first-order valence-electron chi connectivity index (χ1n) is 7.54. The van der Waals surface area contributed by atoms with E-state index >= 15 is 0 Å². The van der Waals surface area contributed by atoms with E-state index in [1.54, 1.807) is 0 Å². The molecule has 0 aromatic carbocycles. The predicted octanol–water partition coefficient (Wildman–Crippen LogP) is 2.71. The third-order valence-electron chi connectivity index (χ3n) is 4.39. The number of nitrogens with zero attached hydrogens (tertiary/aromatic N) is 1. The maximum atomic E-state index is 12.0. The maximum Gasteiger partial charge on any atom is 0.390 e. The van der Waals surface area contributed by atoms with Crippen molar-refractivity contribution in [3.8, 4) is 0 Å². The molecule has 1 saturated heterocycles. The van der Waals surface area contributed by atoms with Crippen molar-refractivity contribution in [2.45, 2.75) is 57.2 Å². The summed E-state index contributed by atoms with van der Waals surface area (Å²) >= 11 is 0. The van der Waals surface area contributed by atoms with E-state index in [2.05, 4.69) is 10.2 Å². The highest BCUT2D eigenvalue weighted by Crippen LogP contribution is 2.27. The zero-order valence-electron chi connectivity index (χ0n) is 11.7. The number of hydrogen-bond acceptors (Lipinski definition) is 2. The molecule has 1 atom stereocenters. The van der Waals surface area contributed by atoms with Crippen molar-refractivity contribution >= 4 is 5.91 Å². The van der Waals surface area contributed by atoms with Crippen LogP contribution in [0.4, 0.5) is 13.2 Å². The fraction of sp³-hybridized carbons (Fsp3) is 0.929. The average Bonchev–Trinajstić information content (AvgIpc) is 2.88. The molecule has 6 heteroatoms. The van der Waals surface area contributed by atoms with Gasteiger partial charge in [0.2, 0.25) is 5.91 Å². The van der Waals surface area contributed by atoms with Crippen LogP contribution in [0.2, 0.25) is 0 Å². The Morgan fingerprint density at radius 3 is 2.50 bits per heavy atom. The van der Waals surface area contributed by atoms with Crippen LogP contribution in [0.3, 0.4) is 0 Å². The lowest BCUT2D eigenvalue weighted by molar-refractivity contribution is -0.136. The number of alkyl halides is 3. The van der Waals surface area contributed by atoms with Crippen LogP contribution in [-0.2, 0) is 4.79 Å². The van der Waals surface area contributed by atoms with Crippen LogP contribution >= 0.6 is 0 Å². The lowest BCUT2D eigenvalue weighted by Gasteiger charge is -2.30. The maximum absolute atomic E-state index is 12.0. The fourth-order valence-electron chi connectivity index (χ4n) is 3.25. The van der Waals surface area contributed by atoms with Crippen LogP contribution < -0.4 is 5.32 Å². The minimum absolute atomic E-state index is 0.134. The summed E-state index contributed by atoms with van der Waals surface area (Å²) in [7, 11) is 0. The lowest BCUT2D eigenvalue weighted by Crippen LogP contribution is -2.38. The smallest absolute Gasteiger partial charge is 0.355 e. The lowest BCUT2D eigenvalue weighted by atomic mass is 9.94. The number of hydrogen-bond donors (Lipinski definition) is 1. The molecule has 1 saturated carbocycles. The highest BCUT2D eigenvalue weighted by atomic mass is 19.4. The third-order valence-corrected chi connectivity index (χ3v) is 4.39. The summed E-state index contributed by atoms with van der Waals surface area (Å²) in [5, 5.41) is 2.42. The van der Waals surface area contributed by atoms with Gasteiger partial charge in [0.25, 0.3) is 0 Å². The summed E-state index contributed by atoms with van der Waals surface area (Å²) in [5.41, 5.74) is 0. The minimum Gasteiger partial charge on any atom is -0.355 e. The van der Waals surface area contributed by atoms with Crippen molar-refractivity contribution in [2.75, 3.05) is 19.6 Å². The van der Waals surface area contributed by atoms with Crippen molar-refractivity contribution in [2.24, 2.45) is 5.92 Å². The second-order valence-corrected chi connectivity index (χ2v) is 5.93. The molecule has 1 aliphatic carbocycles. The van der Waals surface area contributed by atoms with Gasteiger partial charge in [-0.1, -0.05) is 19.3 Å². The SMILES string of the molecule is O=C(NCCC(F)(F)F)[C@@H]1CCN(C2CCCCC2)C1. The molecular formula is C14H23F3N2O. The van der Waals surface area contributed by atoms with Gasteiger partial charge in [-0.2, -0.15) is 13.2 Å². The highest BCUT2D eigenvalue weighted by Gasteiger charge is 2.33. The van der Waals surface area contributed by atoms with Gasteiger partial charge in [0.05, 0.1) is 12.3 Å². The Hall–Kier alpha value is -0.780. The molecule has 1 amide bonds. The summed E-state index contributed by atoms with van der Waals surface area (Å²) in [4.78, 5) is 14.2. The van der Waals surface area contributed by atoms with Crippen molar-refractivity contribution in [1.29, 1.82) is 0 Å². The number of likely N-dealkylation sites (tertiary alicyclic amines) is 1. The number of halogens is 3. The van der Waals surface area contributed by atoms with Gasteiger partial charge in [-0.3, -0.25) is 9.69 Å². The van der Waals surface area contributed by atoms with Gasteiger partial charge >= 0.3 is 6.18 Å². The van der Waals surface area contributed by atoms with E-state index in [-0.39, 0.29) is 18.4 Å². The Morgan fingerprint density at radius 2 is 1.85 bits per heavy atom. The van der Waals surface area contributed by atoms with Gasteiger partial charge in [-0.15, -0.1) is 0 Å². The van der Waals surface area contributed by atoms with E-state index in [0.29, 0.717) is 12.6 Å². The summed E-state index contributed by atoms with van der Waals surface area (Å²) in [6.07, 6.45) is 1.83. The van der Waals surface area contributed by atoms with Gasteiger partial charge < -0.3 is 5.32 Å². The van der Waals surface area contributed by atoms with E-state index in [4.69, 9.17) is 0 Å². The van der Waals surface area contributed by atoms with Gasteiger partial charge in [-0.25, -0.2) is 0 Å². The Kier molecular flexibility index (Phi) is 5.29. The normalized spacial score (nSPS) is 25.9. The number of carbonyl (C=O) groups is 1. The Bertz CT molecular complexity index is 327. The first-order chi connectivity index (χ1) is 9.46. The minimum atomic E-state index is -4.20. The first-order valence-corrected chi connectivity index (χ1v) is 7.54. The molecule has 1 N–H and O–H groups in total. The number of carbonyl (C=O) groups excluding carboxylic acids is 1. The quantitative estimate of drug-likeness (QED) is 0.864. The molecule has 0 spiro atoms. The third kappa shape index (κ3) is 4.65. The van der Waals surface area contributed by atoms with Crippen LogP contribution in [0, 0.1) is 5.92 Å². The monoisotopic (exact) mass is 292 g/mol. The number of nitrogens with one attached hydrogen (secondary N) is 1. The Balaban J connectivity index is 1.70. The molecule has 2 rings (SSSR count). The van der Waals surface area contributed by atoms with E-state index in [1.165, 1.54) is 32.1 Å². The van der Waals surface area contributed by atoms with Gasteiger partial charge in [0.15, 0.2) is 0 Å². The molecule has 20 heavy (non-hydrogen) atoms. The van der Waals surface area contributed by atoms with E-state index in [1.807, 2.05) is 0 Å². The molecule has 116 valence electrons. The molecule has 0 bridgehead atoms. The van der Waals surface area contributed by atoms with Crippen molar-refractivity contribution in [3.63, 3.8) is 0 Å². The second kappa shape index (κ2) is 6.78. The summed E-state index contributed by atoms with van der Waals surface area (Å²) in [6.45, 7) is 1.31. The second-order valence-electron chi connectivity index (χ2n) is 5.93. The topological polar surface area (TPSA) is 32.3 Å². The standard InChI is InChI=1S/C14H23F3N2O/c15-14(16,17)7-8-18-13(20)11-6-9-19(10-11)12-4-2-1-3-5-12/h11-12H,1-10H2,(H,18,20)/t11-/m1/s1. The van der Waals surface area contributed by atoms with Crippen molar-refractivity contribution in [3.05, 3.63) is 0 Å². The van der Waals surface area contributed by atoms with E-state index in [0.717, 1.165) is 13.0 Å². The molecule has 0 radical (unpaired) electrons. The molecule has 2 aliphatic rings. The molecule has 0 aromatic rings. The van der Waals surface area contributed by atoms with E-state index < -0.39 is 12.6 Å². The van der Waals surface area contributed by atoms with Crippen LogP contribution in [0.25, 0.3) is 0 Å². The van der Waals surface area contributed by atoms with Gasteiger partial charge in [0.1, 0.15) is 0 Å². The van der Waals surface area contributed by atoms with Gasteiger partial charge in [-0.05, 0) is 25.8 Å². The summed E-state index contributed by atoms with van der Waals surface area (Å²) < 4.78 is 36.1. The zero-order chi connectivity index (χ0) is 14.6. The number of amides is 1. The molecule has 3 nitrogen and oxygen atoms in total. The average molecular weight is 292 g/mol. The molecule has 0 aromatic heterocycles. The number of rotatable bonds is 4. The molecule has 2 fully saturated rings. The van der Waals surface area contributed by atoms with Crippen molar-refractivity contribution < 1.29 is 18.0 Å². The fourth-order valence-corrected chi connectivity index (χ4v) is 3.25. The van der Waals surface area contributed by atoms with Crippen LogP contribution in [0.15, 0.2) is 0 Å². The Morgan fingerprint density at radius 1 is 1.15 bits per heavy atom. The summed E-state index contributed by atoms with van der Waals surface area (Å²) in [5.74, 6) is -0.349. The van der Waals surface area contributed by atoms with Crippen LogP contribution in [0.1, 0.15) is 44.9 Å².